The lowest BCUT2D eigenvalue weighted by molar-refractivity contribution is -0.121. The van der Waals surface area contributed by atoms with Crippen LogP contribution in [0.15, 0.2) is 53.5 Å². The van der Waals surface area contributed by atoms with Gasteiger partial charge < -0.3 is 10.4 Å². The van der Waals surface area contributed by atoms with Crippen molar-refractivity contribution in [2.45, 2.75) is 11.7 Å². The molecular weight excluding hydrogens is 348 g/mol. The summed E-state index contributed by atoms with van der Waals surface area (Å²) in [5.74, 6) is -0.458. The van der Waals surface area contributed by atoms with Gasteiger partial charge >= 0.3 is 0 Å². The monoisotopic (exact) mass is 360 g/mol. The highest BCUT2D eigenvalue weighted by atomic mass is 35.5. The van der Waals surface area contributed by atoms with Gasteiger partial charge in [0, 0.05) is 22.7 Å². The molecule has 2 amide bonds. The van der Waals surface area contributed by atoms with Gasteiger partial charge in [-0.3, -0.25) is 9.59 Å². The molecule has 0 aromatic heterocycles. The van der Waals surface area contributed by atoms with Crippen molar-refractivity contribution in [3.8, 4) is 5.75 Å². The van der Waals surface area contributed by atoms with Gasteiger partial charge in [-0.25, -0.2) is 4.99 Å². The number of nitrogens with zero attached hydrogens (tertiary/aromatic N) is 1. The minimum atomic E-state index is -0.548. The second-order valence-electron chi connectivity index (χ2n) is 5.17. The van der Waals surface area contributed by atoms with Gasteiger partial charge in [0.05, 0.1) is 0 Å². The molecule has 1 aliphatic rings. The van der Waals surface area contributed by atoms with Gasteiger partial charge in [-0.2, -0.15) is 0 Å². The summed E-state index contributed by atoms with van der Waals surface area (Å²) in [6.45, 7) is 0. The predicted molar refractivity (Wildman–Crippen MR) is 95.7 cm³/mol. The highest BCUT2D eigenvalue weighted by Crippen LogP contribution is 2.30. The van der Waals surface area contributed by atoms with Gasteiger partial charge in [0.1, 0.15) is 16.0 Å². The highest BCUT2D eigenvalue weighted by molar-refractivity contribution is 8.16. The summed E-state index contributed by atoms with van der Waals surface area (Å²) in [7, 11) is 0. The molecule has 0 bridgehead atoms. The average molecular weight is 361 g/mol. The SMILES string of the molecule is O=C(C[C@H]1SC(c2ccc(O)cc2)=NC1=O)Nc1cccc(Cl)c1. The lowest BCUT2D eigenvalue weighted by Crippen LogP contribution is -2.21. The molecular formula is C17H13ClN2O3S. The first-order valence-corrected chi connectivity index (χ1v) is 8.41. The van der Waals surface area contributed by atoms with E-state index >= 15 is 0 Å². The van der Waals surface area contributed by atoms with E-state index in [0.29, 0.717) is 15.8 Å². The number of hydrogen-bond donors (Lipinski definition) is 2. The van der Waals surface area contributed by atoms with Crippen LogP contribution in [0, 0.1) is 0 Å². The van der Waals surface area contributed by atoms with Crippen molar-refractivity contribution < 1.29 is 14.7 Å². The van der Waals surface area contributed by atoms with Crippen LogP contribution in [0.5, 0.6) is 5.75 Å². The van der Waals surface area contributed by atoms with Crippen LogP contribution in [0.3, 0.4) is 0 Å². The molecule has 24 heavy (non-hydrogen) atoms. The fraction of sp³-hybridized carbons (Fsp3) is 0.118. The van der Waals surface area contributed by atoms with Crippen molar-refractivity contribution >= 4 is 45.9 Å². The Bertz CT molecular complexity index is 821. The van der Waals surface area contributed by atoms with E-state index < -0.39 is 5.25 Å². The Morgan fingerprint density at radius 1 is 1.25 bits per heavy atom. The van der Waals surface area contributed by atoms with Gasteiger partial charge in [-0.05, 0) is 42.5 Å². The van der Waals surface area contributed by atoms with Crippen molar-refractivity contribution in [3.05, 3.63) is 59.1 Å². The second-order valence-corrected chi connectivity index (χ2v) is 6.80. The predicted octanol–water partition coefficient (Wildman–Crippen LogP) is 3.46. The van der Waals surface area contributed by atoms with E-state index in [1.165, 1.54) is 23.9 Å². The molecule has 2 aromatic rings. The molecule has 1 heterocycles. The largest absolute Gasteiger partial charge is 0.508 e. The Morgan fingerprint density at radius 3 is 2.71 bits per heavy atom. The summed E-state index contributed by atoms with van der Waals surface area (Å²) in [5.41, 5.74) is 1.33. The van der Waals surface area contributed by atoms with E-state index in [0.717, 1.165) is 5.56 Å². The maximum atomic E-state index is 12.1. The quantitative estimate of drug-likeness (QED) is 0.875. The van der Waals surface area contributed by atoms with E-state index in [-0.39, 0.29) is 24.0 Å². The summed E-state index contributed by atoms with van der Waals surface area (Å²) in [5, 5.41) is 12.6. The molecule has 0 saturated heterocycles. The molecule has 122 valence electrons. The molecule has 0 aliphatic carbocycles. The smallest absolute Gasteiger partial charge is 0.260 e. The molecule has 7 heteroatoms. The molecule has 5 nitrogen and oxygen atoms in total. The lowest BCUT2D eigenvalue weighted by Gasteiger charge is -2.08. The number of rotatable bonds is 4. The Kier molecular flexibility index (Phi) is 4.87. The van der Waals surface area contributed by atoms with Crippen molar-refractivity contribution in [1.82, 2.24) is 0 Å². The number of carbonyl (C=O) groups excluding carboxylic acids is 2. The number of benzene rings is 2. The number of anilines is 1. The van der Waals surface area contributed by atoms with Crippen LogP contribution in [-0.4, -0.2) is 27.2 Å². The summed E-state index contributed by atoms with van der Waals surface area (Å²) >= 11 is 7.13. The fourth-order valence-corrected chi connectivity index (χ4v) is 3.46. The third-order valence-electron chi connectivity index (χ3n) is 3.33. The molecule has 0 fully saturated rings. The van der Waals surface area contributed by atoms with Gasteiger partial charge in [-0.1, -0.05) is 29.4 Å². The molecule has 0 spiro atoms. The van der Waals surface area contributed by atoms with Crippen LogP contribution in [0.4, 0.5) is 5.69 Å². The first-order valence-electron chi connectivity index (χ1n) is 7.15. The number of aliphatic imine (C=N–C) groups is 1. The summed E-state index contributed by atoms with van der Waals surface area (Å²) in [6.07, 6.45) is 0.0289. The van der Waals surface area contributed by atoms with Crippen LogP contribution in [0.25, 0.3) is 0 Å². The van der Waals surface area contributed by atoms with Gasteiger partial charge in [-0.15, -0.1) is 0 Å². The van der Waals surface area contributed by atoms with E-state index in [1.807, 2.05) is 0 Å². The molecule has 2 aromatic carbocycles. The molecule has 0 saturated carbocycles. The van der Waals surface area contributed by atoms with Gasteiger partial charge in [0.2, 0.25) is 5.91 Å². The number of phenolic OH excluding ortho intramolecular Hbond substituents is 1. The zero-order valence-electron chi connectivity index (χ0n) is 12.4. The fourth-order valence-electron chi connectivity index (χ4n) is 2.20. The molecule has 1 aliphatic heterocycles. The van der Waals surface area contributed by atoms with Crippen LogP contribution >= 0.6 is 23.4 Å². The van der Waals surface area contributed by atoms with E-state index in [2.05, 4.69) is 10.3 Å². The first-order chi connectivity index (χ1) is 11.5. The van der Waals surface area contributed by atoms with Crippen molar-refractivity contribution in [2.75, 3.05) is 5.32 Å². The highest BCUT2D eigenvalue weighted by Gasteiger charge is 2.31. The minimum absolute atomic E-state index is 0.0289. The molecule has 2 N–H and O–H groups in total. The normalized spacial score (nSPS) is 16.8. The number of nitrogens with one attached hydrogen (secondary N) is 1. The number of carbonyl (C=O) groups is 2. The summed E-state index contributed by atoms with van der Waals surface area (Å²) in [6, 6.07) is 13.2. The Hall–Kier alpha value is -2.31. The van der Waals surface area contributed by atoms with Crippen LogP contribution < -0.4 is 5.32 Å². The number of amides is 2. The van der Waals surface area contributed by atoms with E-state index in [1.54, 1.807) is 36.4 Å². The third kappa shape index (κ3) is 3.96. The number of phenols is 1. The van der Waals surface area contributed by atoms with Crippen LogP contribution in [-0.2, 0) is 9.59 Å². The van der Waals surface area contributed by atoms with Crippen molar-refractivity contribution in [2.24, 2.45) is 4.99 Å². The molecule has 0 unspecified atom stereocenters. The number of hydrogen-bond acceptors (Lipinski definition) is 4. The third-order valence-corrected chi connectivity index (χ3v) is 4.77. The van der Waals surface area contributed by atoms with E-state index in [4.69, 9.17) is 11.6 Å². The number of thioether (sulfide) groups is 1. The van der Waals surface area contributed by atoms with Gasteiger partial charge in [0.15, 0.2) is 0 Å². The Labute approximate surface area is 147 Å². The summed E-state index contributed by atoms with van der Waals surface area (Å²) in [4.78, 5) is 28.1. The van der Waals surface area contributed by atoms with Crippen molar-refractivity contribution in [1.29, 1.82) is 0 Å². The zero-order valence-corrected chi connectivity index (χ0v) is 14.0. The van der Waals surface area contributed by atoms with E-state index in [9.17, 15) is 14.7 Å². The maximum Gasteiger partial charge on any atom is 0.260 e. The summed E-state index contributed by atoms with van der Waals surface area (Å²) < 4.78 is 0. The molecule has 3 rings (SSSR count). The topological polar surface area (TPSA) is 78.8 Å². The Balaban J connectivity index is 1.62. The number of halogens is 1. The maximum absolute atomic E-state index is 12.1. The Morgan fingerprint density at radius 2 is 2.00 bits per heavy atom. The molecule has 0 radical (unpaired) electrons. The van der Waals surface area contributed by atoms with Crippen LogP contribution in [0.1, 0.15) is 12.0 Å². The van der Waals surface area contributed by atoms with Gasteiger partial charge in [0.25, 0.3) is 5.91 Å². The van der Waals surface area contributed by atoms with Crippen LogP contribution in [0.2, 0.25) is 5.02 Å². The first kappa shape index (κ1) is 16.5. The molecule has 1 atom stereocenters. The lowest BCUT2D eigenvalue weighted by atomic mass is 10.2. The minimum Gasteiger partial charge on any atom is -0.508 e. The standard InChI is InChI=1S/C17H13ClN2O3S/c18-11-2-1-3-12(8-11)19-15(22)9-14-16(23)20-17(24-14)10-4-6-13(21)7-5-10/h1-8,14,21H,9H2,(H,19,22)/t14-/m1/s1. The second kappa shape index (κ2) is 7.07. The zero-order chi connectivity index (χ0) is 17.1. The van der Waals surface area contributed by atoms with Crippen molar-refractivity contribution in [3.63, 3.8) is 0 Å². The number of aromatic hydroxyl groups is 1. The average Bonchev–Trinajstić information content (AvgIpc) is 2.89.